The highest BCUT2D eigenvalue weighted by Crippen LogP contribution is 2.16. The normalized spacial score (nSPS) is 14.0. The molecule has 142 valence electrons. The summed E-state index contributed by atoms with van der Waals surface area (Å²) in [7, 11) is 0. The number of rotatable bonds is 5. The second-order valence-corrected chi connectivity index (χ2v) is 6.81. The Labute approximate surface area is 159 Å². The lowest BCUT2D eigenvalue weighted by atomic mass is 10.0. The summed E-state index contributed by atoms with van der Waals surface area (Å²) in [5.74, 6) is 0.147. The van der Waals surface area contributed by atoms with E-state index in [1.165, 1.54) is 5.56 Å². The Kier molecular flexibility index (Phi) is 7.80. The van der Waals surface area contributed by atoms with Crippen LogP contribution in [0.15, 0.2) is 24.3 Å². The molecule has 7 nitrogen and oxygen atoms in total. The molecular weight excluding hydrogens is 352 g/mol. The van der Waals surface area contributed by atoms with Crippen molar-refractivity contribution >= 4 is 34.8 Å². The molecule has 3 N–H and O–H groups in total. The number of hydrazine groups is 1. The van der Waals surface area contributed by atoms with Crippen LogP contribution in [0.4, 0.5) is 5.69 Å². The van der Waals surface area contributed by atoms with Crippen molar-refractivity contribution in [3.8, 4) is 0 Å². The molecule has 0 spiro atoms. The fraction of sp³-hybridized carbons (Fsp3) is 0.500. The van der Waals surface area contributed by atoms with Gasteiger partial charge in [-0.25, -0.2) is 0 Å². The molecule has 1 aromatic rings. The molecule has 1 heterocycles. The number of morpholine rings is 1. The van der Waals surface area contributed by atoms with Crippen molar-refractivity contribution in [1.82, 2.24) is 15.8 Å². The fourth-order valence-corrected chi connectivity index (χ4v) is 2.66. The number of hydrogen-bond donors (Lipinski definition) is 3. The fourth-order valence-electron chi connectivity index (χ4n) is 2.49. The highest BCUT2D eigenvalue weighted by molar-refractivity contribution is 7.80. The smallest absolute Gasteiger partial charge is 0.238 e. The first-order valence-corrected chi connectivity index (χ1v) is 9.18. The number of nitrogens with one attached hydrogen (secondary N) is 3. The zero-order valence-electron chi connectivity index (χ0n) is 15.2. The third kappa shape index (κ3) is 6.61. The average Bonchev–Trinajstić information content (AvgIpc) is 2.65. The molecule has 0 bridgehead atoms. The summed E-state index contributed by atoms with van der Waals surface area (Å²) < 4.78 is 5.20. The summed E-state index contributed by atoms with van der Waals surface area (Å²) in [6.07, 6.45) is 0.277. The van der Waals surface area contributed by atoms with Gasteiger partial charge in [0.15, 0.2) is 5.11 Å². The molecular formula is C18H26N4O3S. The third-order valence-corrected chi connectivity index (χ3v) is 4.28. The Hall–Kier alpha value is -2.19. The van der Waals surface area contributed by atoms with Crippen molar-refractivity contribution in [1.29, 1.82) is 0 Å². The minimum absolute atomic E-state index is 0.0330. The van der Waals surface area contributed by atoms with E-state index in [0.717, 1.165) is 5.69 Å². The largest absolute Gasteiger partial charge is 0.378 e. The van der Waals surface area contributed by atoms with Gasteiger partial charge in [0.05, 0.1) is 13.2 Å². The lowest BCUT2D eigenvalue weighted by Crippen LogP contribution is -2.44. The number of thiocarbonyl (C=S) groups is 1. The van der Waals surface area contributed by atoms with Gasteiger partial charge in [0.25, 0.3) is 0 Å². The van der Waals surface area contributed by atoms with Gasteiger partial charge in [0.2, 0.25) is 11.8 Å². The van der Waals surface area contributed by atoms with Gasteiger partial charge in [-0.15, -0.1) is 0 Å². The maximum Gasteiger partial charge on any atom is 0.238 e. The second-order valence-electron chi connectivity index (χ2n) is 6.40. The SMILES string of the molecule is CC(C)c1ccc(NC(=S)NNC(=O)CCC(=O)N2CCOCC2)cc1. The van der Waals surface area contributed by atoms with Crippen LogP contribution in [0.25, 0.3) is 0 Å². The molecule has 0 unspecified atom stereocenters. The van der Waals surface area contributed by atoms with E-state index in [2.05, 4.69) is 30.0 Å². The predicted molar refractivity (Wildman–Crippen MR) is 105 cm³/mol. The number of nitrogens with zero attached hydrogens (tertiary/aromatic N) is 1. The maximum absolute atomic E-state index is 12.0. The van der Waals surface area contributed by atoms with E-state index in [4.69, 9.17) is 17.0 Å². The number of hydrogen-bond acceptors (Lipinski definition) is 4. The first-order chi connectivity index (χ1) is 12.5. The Bertz CT molecular complexity index is 628. The zero-order chi connectivity index (χ0) is 18.9. The van der Waals surface area contributed by atoms with Gasteiger partial charge in [-0.3, -0.25) is 20.4 Å². The molecule has 1 aromatic carbocycles. The van der Waals surface area contributed by atoms with E-state index in [1.807, 2.05) is 24.3 Å². The van der Waals surface area contributed by atoms with Gasteiger partial charge in [-0.05, 0) is 35.8 Å². The molecule has 1 saturated heterocycles. The van der Waals surface area contributed by atoms with Crippen LogP contribution < -0.4 is 16.2 Å². The molecule has 0 atom stereocenters. The van der Waals surface area contributed by atoms with Gasteiger partial charge >= 0.3 is 0 Å². The first-order valence-electron chi connectivity index (χ1n) is 8.77. The number of benzene rings is 1. The van der Waals surface area contributed by atoms with Crippen molar-refractivity contribution < 1.29 is 14.3 Å². The molecule has 0 radical (unpaired) electrons. The van der Waals surface area contributed by atoms with Crippen LogP contribution in [0.2, 0.25) is 0 Å². The van der Waals surface area contributed by atoms with Crippen molar-refractivity contribution in [3.63, 3.8) is 0 Å². The maximum atomic E-state index is 12.0. The quantitative estimate of drug-likeness (QED) is 0.535. The van der Waals surface area contributed by atoms with Crippen LogP contribution in [-0.4, -0.2) is 48.1 Å². The number of anilines is 1. The molecule has 0 aliphatic carbocycles. The van der Waals surface area contributed by atoms with Crippen LogP contribution in [0, 0.1) is 0 Å². The van der Waals surface area contributed by atoms with Gasteiger partial charge in [0, 0.05) is 31.6 Å². The lowest BCUT2D eigenvalue weighted by Gasteiger charge is -2.26. The topological polar surface area (TPSA) is 82.7 Å². The van der Waals surface area contributed by atoms with Crippen LogP contribution in [0.1, 0.15) is 38.2 Å². The first kappa shape index (κ1) is 20.1. The molecule has 0 saturated carbocycles. The van der Waals surface area contributed by atoms with E-state index in [1.54, 1.807) is 4.90 Å². The predicted octanol–water partition coefficient (Wildman–Crippen LogP) is 1.77. The molecule has 1 aliphatic rings. The summed E-state index contributed by atoms with van der Waals surface area (Å²) in [4.78, 5) is 25.6. The Morgan fingerprint density at radius 1 is 1.12 bits per heavy atom. The number of amides is 2. The Morgan fingerprint density at radius 3 is 2.38 bits per heavy atom. The Morgan fingerprint density at radius 2 is 1.77 bits per heavy atom. The van der Waals surface area contributed by atoms with E-state index < -0.39 is 0 Å². The van der Waals surface area contributed by atoms with Crippen molar-refractivity contribution in [2.45, 2.75) is 32.6 Å². The van der Waals surface area contributed by atoms with E-state index in [9.17, 15) is 9.59 Å². The summed E-state index contributed by atoms with van der Waals surface area (Å²) in [6.45, 7) is 6.54. The molecule has 2 rings (SSSR count). The molecule has 0 aromatic heterocycles. The second kappa shape index (κ2) is 10.1. The number of carbonyl (C=O) groups excluding carboxylic acids is 2. The standard InChI is InChI=1S/C18H26N4O3S/c1-13(2)14-3-5-15(6-4-14)19-18(26)21-20-16(23)7-8-17(24)22-9-11-25-12-10-22/h3-6,13H,7-12H2,1-2H3,(H,20,23)(H2,19,21,26). The summed E-state index contributed by atoms with van der Waals surface area (Å²) in [5, 5.41) is 3.28. The summed E-state index contributed by atoms with van der Waals surface area (Å²) >= 11 is 5.15. The lowest BCUT2D eigenvalue weighted by molar-refractivity contribution is -0.137. The van der Waals surface area contributed by atoms with Gasteiger partial charge in [-0.1, -0.05) is 26.0 Å². The average molecular weight is 378 g/mol. The minimum Gasteiger partial charge on any atom is -0.378 e. The zero-order valence-corrected chi connectivity index (χ0v) is 16.0. The highest BCUT2D eigenvalue weighted by atomic mass is 32.1. The van der Waals surface area contributed by atoms with Gasteiger partial charge < -0.3 is 15.0 Å². The monoisotopic (exact) mass is 378 g/mol. The Balaban J connectivity index is 1.66. The molecule has 1 aliphatic heterocycles. The van der Waals surface area contributed by atoms with Crippen LogP contribution in [-0.2, 0) is 14.3 Å². The minimum atomic E-state index is -0.286. The van der Waals surface area contributed by atoms with E-state index in [-0.39, 0.29) is 29.8 Å². The summed E-state index contributed by atoms with van der Waals surface area (Å²) in [5.41, 5.74) is 7.23. The van der Waals surface area contributed by atoms with E-state index >= 15 is 0 Å². The molecule has 26 heavy (non-hydrogen) atoms. The molecule has 1 fully saturated rings. The number of ether oxygens (including phenoxy) is 1. The summed E-state index contributed by atoms with van der Waals surface area (Å²) in [6, 6.07) is 7.94. The van der Waals surface area contributed by atoms with Crippen LogP contribution >= 0.6 is 12.2 Å². The van der Waals surface area contributed by atoms with Gasteiger partial charge in [0.1, 0.15) is 0 Å². The molecule has 8 heteroatoms. The van der Waals surface area contributed by atoms with Crippen LogP contribution in [0.5, 0.6) is 0 Å². The third-order valence-electron chi connectivity index (χ3n) is 4.08. The highest BCUT2D eigenvalue weighted by Gasteiger charge is 2.17. The van der Waals surface area contributed by atoms with Crippen molar-refractivity contribution in [2.24, 2.45) is 0 Å². The number of carbonyl (C=O) groups is 2. The van der Waals surface area contributed by atoms with Gasteiger partial charge in [-0.2, -0.15) is 0 Å². The van der Waals surface area contributed by atoms with Crippen molar-refractivity contribution in [2.75, 3.05) is 31.6 Å². The van der Waals surface area contributed by atoms with Crippen molar-refractivity contribution in [3.05, 3.63) is 29.8 Å². The molecule has 2 amide bonds. The van der Waals surface area contributed by atoms with E-state index in [0.29, 0.717) is 32.2 Å². The van der Waals surface area contributed by atoms with Crippen LogP contribution in [0.3, 0.4) is 0 Å².